The van der Waals surface area contributed by atoms with E-state index in [-0.39, 0.29) is 0 Å². The normalized spacial score (nSPS) is 20.4. The molecule has 1 heterocycles. The molecule has 0 spiro atoms. The van der Waals surface area contributed by atoms with E-state index < -0.39 is 0 Å². The van der Waals surface area contributed by atoms with E-state index in [1.807, 2.05) is 29.1 Å². The third kappa shape index (κ3) is 2.30. The Kier molecular flexibility index (Phi) is 2.55. The highest BCUT2D eigenvalue weighted by molar-refractivity contribution is 5.73. The van der Waals surface area contributed by atoms with Gasteiger partial charge in [0.05, 0.1) is 17.6 Å². The second-order valence-electron chi connectivity index (χ2n) is 6.18. The van der Waals surface area contributed by atoms with Gasteiger partial charge in [0.2, 0.25) is 0 Å². The van der Waals surface area contributed by atoms with Gasteiger partial charge in [0.25, 0.3) is 0 Å². The van der Waals surface area contributed by atoms with E-state index in [1.54, 1.807) is 0 Å². The number of nitrogen functional groups attached to an aromatic ring is 2. The first-order chi connectivity index (χ1) is 8.95. The van der Waals surface area contributed by atoms with Crippen molar-refractivity contribution in [3.8, 4) is 11.1 Å². The summed E-state index contributed by atoms with van der Waals surface area (Å²) in [5.74, 6) is 0.747. The molecule has 1 aromatic carbocycles. The maximum Gasteiger partial charge on any atom is 0.0568 e. The molecule has 1 aromatic heterocycles. The summed E-state index contributed by atoms with van der Waals surface area (Å²) in [6.45, 7) is 5.61. The number of anilines is 2. The van der Waals surface area contributed by atoms with Gasteiger partial charge in [0.1, 0.15) is 0 Å². The Hall–Kier alpha value is -1.97. The topological polar surface area (TPSA) is 69.9 Å². The second-order valence-corrected chi connectivity index (χ2v) is 6.18. The third-order valence-electron chi connectivity index (χ3n) is 4.18. The SMILES string of the molecule is CC1(C)CC1Cn1cc(-c2ccc(N)c(N)c2)cn1. The first kappa shape index (κ1) is 12.1. The van der Waals surface area contributed by atoms with Crippen LogP contribution in [-0.2, 0) is 6.54 Å². The minimum Gasteiger partial charge on any atom is -0.397 e. The van der Waals surface area contributed by atoms with Crippen molar-refractivity contribution in [1.82, 2.24) is 9.78 Å². The molecule has 0 radical (unpaired) electrons. The molecule has 1 atom stereocenters. The molecule has 1 unspecified atom stereocenters. The monoisotopic (exact) mass is 256 g/mol. The van der Waals surface area contributed by atoms with Crippen LogP contribution in [-0.4, -0.2) is 9.78 Å². The van der Waals surface area contributed by atoms with E-state index in [9.17, 15) is 0 Å². The van der Waals surface area contributed by atoms with Gasteiger partial charge in [-0.05, 0) is 35.4 Å². The number of hydrogen-bond donors (Lipinski definition) is 2. The summed E-state index contributed by atoms with van der Waals surface area (Å²) in [7, 11) is 0. The quantitative estimate of drug-likeness (QED) is 0.830. The predicted molar refractivity (Wildman–Crippen MR) is 78.4 cm³/mol. The van der Waals surface area contributed by atoms with E-state index in [0.717, 1.165) is 23.6 Å². The lowest BCUT2D eigenvalue weighted by Gasteiger charge is -2.04. The molecule has 0 amide bonds. The maximum absolute atomic E-state index is 5.84. The molecule has 4 N–H and O–H groups in total. The fourth-order valence-electron chi connectivity index (χ4n) is 2.48. The van der Waals surface area contributed by atoms with E-state index in [2.05, 4.69) is 25.1 Å². The molecule has 2 aromatic rings. The maximum atomic E-state index is 5.84. The molecule has 1 aliphatic carbocycles. The van der Waals surface area contributed by atoms with Crippen LogP contribution in [0.15, 0.2) is 30.6 Å². The zero-order valence-corrected chi connectivity index (χ0v) is 11.4. The van der Waals surface area contributed by atoms with E-state index >= 15 is 0 Å². The van der Waals surface area contributed by atoms with Crippen molar-refractivity contribution in [3.05, 3.63) is 30.6 Å². The summed E-state index contributed by atoms with van der Waals surface area (Å²) in [6.07, 6.45) is 5.26. The zero-order valence-electron chi connectivity index (χ0n) is 11.4. The van der Waals surface area contributed by atoms with Crippen molar-refractivity contribution >= 4 is 11.4 Å². The molecule has 0 bridgehead atoms. The van der Waals surface area contributed by atoms with Crippen LogP contribution in [0.5, 0.6) is 0 Å². The average molecular weight is 256 g/mol. The zero-order chi connectivity index (χ0) is 13.6. The van der Waals surface area contributed by atoms with Gasteiger partial charge in [-0.25, -0.2) is 0 Å². The summed E-state index contributed by atoms with van der Waals surface area (Å²) >= 11 is 0. The van der Waals surface area contributed by atoms with Crippen molar-refractivity contribution < 1.29 is 0 Å². The van der Waals surface area contributed by atoms with Crippen LogP contribution >= 0.6 is 0 Å². The lowest BCUT2D eigenvalue weighted by Crippen LogP contribution is -2.03. The Morgan fingerprint density at radius 2 is 2.00 bits per heavy atom. The summed E-state index contributed by atoms with van der Waals surface area (Å²) in [4.78, 5) is 0. The van der Waals surface area contributed by atoms with Crippen LogP contribution in [0.4, 0.5) is 11.4 Å². The van der Waals surface area contributed by atoms with Gasteiger partial charge in [0.15, 0.2) is 0 Å². The lowest BCUT2D eigenvalue weighted by molar-refractivity contribution is 0.472. The summed E-state index contributed by atoms with van der Waals surface area (Å²) < 4.78 is 2.03. The molecule has 100 valence electrons. The van der Waals surface area contributed by atoms with E-state index in [4.69, 9.17) is 11.5 Å². The van der Waals surface area contributed by atoms with Crippen LogP contribution < -0.4 is 11.5 Å². The van der Waals surface area contributed by atoms with E-state index in [1.165, 1.54) is 6.42 Å². The standard InChI is InChI=1S/C15H20N4/c1-15(2)6-12(15)9-19-8-11(7-18-19)10-3-4-13(16)14(17)5-10/h3-5,7-8,12H,6,9,16-17H2,1-2H3. The third-order valence-corrected chi connectivity index (χ3v) is 4.18. The fourth-order valence-corrected chi connectivity index (χ4v) is 2.48. The minimum atomic E-state index is 0.484. The summed E-state index contributed by atoms with van der Waals surface area (Å²) in [6, 6.07) is 5.72. The van der Waals surface area contributed by atoms with Gasteiger partial charge in [-0.2, -0.15) is 5.10 Å². The van der Waals surface area contributed by atoms with Crippen LogP contribution in [0.25, 0.3) is 11.1 Å². The first-order valence-corrected chi connectivity index (χ1v) is 6.63. The summed E-state index contributed by atoms with van der Waals surface area (Å²) in [5.41, 5.74) is 15.4. The van der Waals surface area contributed by atoms with Gasteiger partial charge in [0, 0.05) is 18.3 Å². The molecule has 4 nitrogen and oxygen atoms in total. The molecule has 1 aliphatic rings. The average Bonchev–Trinajstić information content (AvgIpc) is 2.76. The van der Waals surface area contributed by atoms with Gasteiger partial charge < -0.3 is 11.5 Å². The highest BCUT2D eigenvalue weighted by Crippen LogP contribution is 2.52. The van der Waals surface area contributed by atoms with E-state index in [0.29, 0.717) is 16.8 Å². The van der Waals surface area contributed by atoms with Gasteiger partial charge in [-0.3, -0.25) is 4.68 Å². The number of hydrogen-bond acceptors (Lipinski definition) is 3. The molecule has 1 saturated carbocycles. The molecular weight excluding hydrogens is 236 g/mol. The Morgan fingerprint density at radius 3 is 2.63 bits per heavy atom. The molecule has 0 saturated heterocycles. The number of rotatable bonds is 3. The highest BCUT2D eigenvalue weighted by atomic mass is 15.3. The molecule has 19 heavy (non-hydrogen) atoms. The minimum absolute atomic E-state index is 0.484. The Balaban J connectivity index is 1.79. The number of aromatic nitrogens is 2. The molecule has 1 fully saturated rings. The van der Waals surface area contributed by atoms with Crippen LogP contribution in [0.1, 0.15) is 20.3 Å². The largest absolute Gasteiger partial charge is 0.397 e. The molecule has 3 rings (SSSR count). The van der Waals surface area contributed by atoms with Crippen LogP contribution in [0.2, 0.25) is 0 Å². The Morgan fingerprint density at radius 1 is 1.26 bits per heavy atom. The smallest absolute Gasteiger partial charge is 0.0568 e. The van der Waals surface area contributed by atoms with Gasteiger partial charge in [-0.15, -0.1) is 0 Å². The highest BCUT2D eigenvalue weighted by Gasteiger charge is 2.45. The van der Waals surface area contributed by atoms with Crippen molar-refractivity contribution in [2.24, 2.45) is 11.3 Å². The Bertz CT molecular complexity index is 612. The fraction of sp³-hybridized carbons (Fsp3) is 0.400. The van der Waals surface area contributed by atoms with Crippen molar-refractivity contribution in [2.75, 3.05) is 11.5 Å². The number of benzene rings is 1. The number of nitrogens with zero attached hydrogens (tertiary/aromatic N) is 2. The van der Waals surface area contributed by atoms with Crippen molar-refractivity contribution in [3.63, 3.8) is 0 Å². The molecular formula is C15H20N4. The molecule has 0 aliphatic heterocycles. The molecule has 4 heteroatoms. The van der Waals surface area contributed by atoms with Gasteiger partial charge >= 0.3 is 0 Å². The predicted octanol–water partition coefficient (Wildman–Crippen LogP) is 2.76. The summed E-state index contributed by atoms with van der Waals surface area (Å²) in [5, 5.41) is 4.43. The second kappa shape index (κ2) is 4.02. The van der Waals surface area contributed by atoms with Crippen molar-refractivity contribution in [2.45, 2.75) is 26.8 Å². The van der Waals surface area contributed by atoms with Gasteiger partial charge in [-0.1, -0.05) is 19.9 Å². The first-order valence-electron chi connectivity index (χ1n) is 6.63. The Labute approximate surface area is 113 Å². The van der Waals surface area contributed by atoms with Crippen molar-refractivity contribution in [1.29, 1.82) is 0 Å². The van der Waals surface area contributed by atoms with Crippen LogP contribution in [0, 0.1) is 11.3 Å². The number of nitrogens with two attached hydrogens (primary N) is 2. The van der Waals surface area contributed by atoms with Crippen LogP contribution in [0.3, 0.4) is 0 Å². The lowest BCUT2D eigenvalue weighted by atomic mass is 10.1.